The molecule has 2 aliphatic rings. The number of amides is 4. The Balaban J connectivity index is 2.50. The lowest BCUT2D eigenvalue weighted by Gasteiger charge is -2.46. The van der Waals surface area contributed by atoms with E-state index in [1.807, 2.05) is 0 Å². The van der Waals surface area contributed by atoms with Crippen LogP contribution < -0.4 is 16.4 Å². The van der Waals surface area contributed by atoms with E-state index in [0.717, 1.165) is 27.7 Å². The van der Waals surface area contributed by atoms with Crippen molar-refractivity contribution in [2.24, 2.45) is 5.73 Å². The normalized spacial score (nSPS) is 25.9. The molecule has 0 radical (unpaired) electrons. The lowest BCUT2D eigenvalue weighted by Crippen LogP contribution is -2.67. The maximum absolute atomic E-state index is 13.7. The molecular formula is C27H40N4O13. The minimum Gasteiger partial charge on any atom is -0.463 e. The third-order valence-electron chi connectivity index (χ3n) is 6.63. The Morgan fingerprint density at radius 1 is 1.00 bits per heavy atom. The first-order valence-corrected chi connectivity index (χ1v) is 13.9. The fourth-order valence-corrected chi connectivity index (χ4v) is 4.89. The van der Waals surface area contributed by atoms with Gasteiger partial charge in [0, 0.05) is 34.2 Å². The summed E-state index contributed by atoms with van der Waals surface area (Å²) in [5.41, 5.74) is 5.49. The van der Waals surface area contributed by atoms with Gasteiger partial charge in [0.25, 0.3) is 0 Å². The summed E-state index contributed by atoms with van der Waals surface area (Å²) in [6.07, 6.45) is -5.73. The van der Waals surface area contributed by atoms with Crippen LogP contribution >= 0.6 is 0 Å². The maximum atomic E-state index is 13.7. The smallest absolute Gasteiger partial charge is 0.408 e. The van der Waals surface area contributed by atoms with Gasteiger partial charge < -0.3 is 49.7 Å². The Morgan fingerprint density at radius 3 is 2.18 bits per heavy atom. The van der Waals surface area contributed by atoms with Crippen molar-refractivity contribution in [1.82, 2.24) is 15.5 Å². The zero-order valence-corrected chi connectivity index (χ0v) is 25.3. The number of esters is 3. The standard InChI is InChI=1S/C27H40N4O13/c1-7-11-39-27(38)30-20(25(37)31-10-8-9-18(31)24(28)36)13(2)41-26-21(29-14(3)32)23(43-17(6)35)22(42-16(5)34)19(44-26)12-40-15(4)33/h7,13,18-23,26H,1,8-12H2,2-6H3,(H2,28,36)(H,29,32)(H,30,38)/t13-,18+,19-,20+,21-,22+,23-,26+/m1/s1. The van der Waals surface area contributed by atoms with Crippen LogP contribution in [-0.4, -0.2) is 115 Å². The maximum Gasteiger partial charge on any atom is 0.408 e. The highest BCUT2D eigenvalue weighted by atomic mass is 16.7. The number of nitrogens with zero attached hydrogens (tertiary/aromatic N) is 1. The van der Waals surface area contributed by atoms with Gasteiger partial charge in [-0.1, -0.05) is 12.7 Å². The van der Waals surface area contributed by atoms with Gasteiger partial charge in [-0.05, 0) is 19.8 Å². The van der Waals surface area contributed by atoms with Crippen molar-refractivity contribution in [2.75, 3.05) is 19.8 Å². The van der Waals surface area contributed by atoms with E-state index >= 15 is 0 Å². The average molecular weight is 629 g/mol. The molecule has 17 nitrogen and oxygen atoms in total. The van der Waals surface area contributed by atoms with Crippen molar-refractivity contribution >= 4 is 41.7 Å². The van der Waals surface area contributed by atoms with E-state index in [2.05, 4.69) is 17.2 Å². The number of rotatable bonds is 13. The third kappa shape index (κ3) is 10.2. The van der Waals surface area contributed by atoms with Crippen molar-refractivity contribution in [3.05, 3.63) is 12.7 Å². The van der Waals surface area contributed by atoms with E-state index in [1.54, 1.807) is 0 Å². The first kappa shape index (κ1) is 35.9. The van der Waals surface area contributed by atoms with Gasteiger partial charge in [-0.15, -0.1) is 0 Å². The molecule has 0 aliphatic carbocycles. The Kier molecular flexibility index (Phi) is 13.5. The van der Waals surface area contributed by atoms with Gasteiger partial charge in [0.05, 0.1) is 6.10 Å². The van der Waals surface area contributed by atoms with Gasteiger partial charge in [-0.2, -0.15) is 0 Å². The molecule has 4 N–H and O–H groups in total. The molecule has 0 aromatic carbocycles. The van der Waals surface area contributed by atoms with Crippen LogP contribution in [0.4, 0.5) is 4.79 Å². The summed E-state index contributed by atoms with van der Waals surface area (Å²) < 4.78 is 32.9. The third-order valence-corrected chi connectivity index (χ3v) is 6.63. The number of likely N-dealkylation sites (tertiary alicyclic amines) is 1. The molecule has 0 saturated carbocycles. The van der Waals surface area contributed by atoms with Gasteiger partial charge in [0.1, 0.15) is 37.4 Å². The van der Waals surface area contributed by atoms with Crippen LogP contribution in [-0.2, 0) is 57.2 Å². The van der Waals surface area contributed by atoms with Gasteiger partial charge in [-0.25, -0.2) is 4.79 Å². The topological polar surface area (TPSA) is 228 Å². The van der Waals surface area contributed by atoms with Crippen LogP contribution in [0.3, 0.4) is 0 Å². The molecule has 0 spiro atoms. The van der Waals surface area contributed by atoms with E-state index in [0.29, 0.717) is 12.8 Å². The number of primary amides is 1. The molecule has 246 valence electrons. The highest BCUT2D eigenvalue weighted by Crippen LogP contribution is 2.29. The first-order chi connectivity index (χ1) is 20.7. The van der Waals surface area contributed by atoms with Crippen molar-refractivity contribution in [3.63, 3.8) is 0 Å². The number of nitrogens with two attached hydrogens (primary N) is 1. The Labute approximate surface area is 254 Å². The number of alkyl carbamates (subject to hydrolysis) is 1. The van der Waals surface area contributed by atoms with Crippen LogP contribution in [0.1, 0.15) is 47.5 Å². The predicted octanol–water partition coefficient (Wildman–Crippen LogP) is -1.20. The number of nitrogens with one attached hydrogen (secondary N) is 2. The minimum atomic E-state index is -1.53. The largest absolute Gasteiger partial charge is 0.463 e. The second-order valence-electron chi connectivity index (χ2n) is 10.2. The molecule has 0 aromatic heterocycles. The van der Waals surface area contributed by atoms with Gasteiger partial charge in [0.15, 0.2) is 18.5 Å². The summed E-state index contributed by atoms with van der Waals surface area (Å²) in [7, 11) is 0. The summed E-state index contributed by atoms with van der Waals surface area (Å²) >= 11 is 0. The van der Waals surface area contributed by atoms with Gasteiger partial charge in [0.2, 0.25) is 17.7 Å². The molecule has 4 amide bonds. The monoisotopic (exact) mass is 628 g/mol. The lowest BCUT2D eigenvalue weighted by atomic mass is 9.95. The van der Waals surface area contributed by atoms with Crippen LogP contribution in [0.25, 0.3) is 0 Å². The molecule has 0 bridgehead atoms. The van der Waals surface area contributed by atoms with Crippen molar-refractivity contribution in [2.45, 2.75) is 96.3 Å². The molecule has 2 saturated heterocycles. The summed E-state index contributed by atoms with van der Waals surface area (Å²) in [6, 6.07) is -3.73. The summed E-state index contributed by atoms with van der Waals surface area (Å²) in [6.45, 7) is 8.87. The number of ether oxygens (including phenoxy) is 6. The van der Waals surface area contributed by atoms with Crippen molar-refractivity contribution in [1.29, 1.82) is 0 Å². The van der Waals surface area contributed by atoms with Crippen molar-refractivity contribution in [3.8, 4) is 0 Å². The average Bonchev–Trinajstić information content (AvgIpc) is 3.42. The molecule has 2 aliphatic heterocycles. The highest BCUT2D eigenvalue weighted by Gasteiger charge is 2.52. The van der Waals surface area contributed by atoms with Gasteiger partial charge >= 0.3 is 24.0 Å². The van der Waals surface area contributed by atoms with E-state index in [-0.39, 0.29) is 13.2 Å². The fraction of sp³-hybridized carbons (Fsp3) is 0.667. The Bertz CT molecular complexity index is 1120. The Morgan fingerprint density at radius 2 is 1.64 bits per heavy atom. The highest BCUT2D eigenvalue weighted by molar-refractivity contribution is 5.91. The number of carbonyl (C=O) groups is 7. The van der Waals surface area contributed by atoms with E-state index in [9.17, 15) is 33.6 Å². The summed E-state index contributed by atoms with van der Waals surface area (Å²) in [5.74, 6) is -4.36. The van der Waals surface area contributed by atoms with E-state index in [4.69, 9.17) is 34.2 Å². The second-order valence-corrected chi connectivity index (χ2v) is 10.2. The molecule has 2 heterocycles. The summed E-state index contributed by atoms with van der Waals surface area (Å²) in [5, 5.41) is 4.97. The van der Waals surface area contributed by atoms with Gasteiger partial charge in [-0.3, -0.25) is 28.8 Å². The zero-order valence-electron chi connectivity index (χ0n) is 25.3. The molecule has 44 heavy (non-hydrogen) atoms. The van der Waals surface area contributed by atoms with E-state index in [1.165, 1.54) is 17.9 Å². The molecule has 2 rings (SSSR count). The SMILES string of the molecule is C=CCOC(=O)N[C@H](C(=O)N1CCC[C@H]1C(N)=O)[C@@H](C)O[C@H]1O[C@H](COC(C)=O)[C@H](OC(C)=O)[C@H](OC(C)=O)[C@H]1NC(C)=O. The number of hydrogen-bond acceptors (Lipinski definition) is 13. The van der Waals surface area contributed by atoms with Crippen LogP contribution in [0.5, 0.6) is 0 Å². The first-order valence-electron chi connectivity index (χ1n) is 13.9. The molecule has 0 unspecified atom stereocenters. The molecule has 17 heteroatoms. The number of carbonyl (C=O) groups excluding carboxylic acids is 7. The second kappa shape index (κ2) is 16.6. The van der Waals surface area contributed by atoms with Crippen LogP contribution in [0.15, 0.2) is 12.7 Å². The molecule has 2 fully saturated rings. The Hall–Kier alpha value is -4.25. The molecular weight excluding hydrogens is 588 g/mol. The predicted molar refractivity (Wildman–Crippen MR) is 147 cm³/mol. The number of hydrogen-bond donors (Lipinski definition) is 3. The molecule has 8 atom stereocenters. The van der Waals surface area contributed by atoms with Crippen LogP contribution in [0.2, 0.25) is 0 Å². The van der Waals surface area contributed by atoms with Crippen molar-refractivity contribution < 1.29 is 62.0 Å². The van der Waals surface area contributed by atoms with E-state index < -0.39 is 97.2 Å². The lowest BCUT2D eigenvalue weighted by molar-refractivity contribution is -0.287. The van der Waals surface area contributed by atoms with Crippen LogP contribution in [0, 0.1) is 0 Å². The zero-order chi connectivity index (χ0) is 33.1. The minimum absolute atomic E-state index is 0.175. The fourth-order valence-electron chi connectivity index (χ4n) is 4.89. The quantitative estimate of drug-likeness (QED) is 0.124. The molecule has 0 aromatic rings. The summed E-state index contributed by atoms with van der Waals surface area (Å²) in [4.78, 5) is 87.4.